The first-order chi connectivity index (χ1) is 8.16. The second-order valence-electron chi connectivity index (χ2n) is 3.71. The van der Waals surface area contributed by atoms with Crippen LogP contribution in [-0.4, -0.2) is 12.5 Å². The Kier molecular flexibility index (Phi) is 3.49. The summed E-state index contributed by atoms with van der Waals surface area (Å²) in [5, 5.41) is 2.83. The molecule has 2 rings (SSSR count). The molecule has 0 aliphatic rings. The molecule has 17 heavy (non-hydrogen) atoms. The van der Waals surface area contributed by atoms with E-state index in [1.807, 2.05) is 19.1 Å². The predicted octanol–water partition coefficient (Wildman–Crippen LogP) is 2.20. The Morgan fingerprint density at radius 1 is 1.59 bits per heavy atom. The van der Waals surface area contributed by atoms with Crippen LogP contribution in [0.2, 0.25) is 0 Å². The largest absolute Gasteiger partial charge is 0.469 e. The molecular weight excluding hydrogens is 236 g/mol. The van der Waals surface area contributed by atoms with Crippen molar-refractivity contribution < 1.29 is 9.21 Å². The molecule has 0 saturated heterocycles. The SMILES string of the molecule is Cc1sc(C(=O)NCCc2ccco2)cc1N. The molecule has 0 bridgehead atoms. The molecule has 0 saturated carbocycles. The van der Waals surface area contributed by atoms with Gasteiger partial charge in [0.2, 0.25) is 0 Å². The standard InChI is InChI=1S/C12H14N2O2S/c1-8-10(13)7-11(17-8)12(15)14-5-4-9-3-2-6-16-9/h2-3,6-7H,4-5,13H2,1H3,(H,14,15). The van der Waals surface area contributed by atoms with Crippen molar-refractivity contribution in [2.45, 2.75) is 13.3 Å². The molecule has 4 nitrogen and oxygen atoms in total. The molecule has 0 unspecified atom stereocenters. The van der Waals surface area contributed by atoms with Crippen LogP contribution in [0.4, 0.5) is 5.69 Å². The Balaban J connectivity index is 1.85. The van der Waals surface area contributed by atoms with E-state index < -0.39 is 0 Å². The van der Waals surface area contributed by atoms with Crippen LogP contribution in [0.3, 0.4) is 0 Å². The lowest BCUT2D eigenvalue weighted by Crippen LogP contribution is -2.24. The number of aryl methyl sites for hydroxylation is 1. The van der Waals surface area contributed by atoms with Gasteiger partial charge in [-0.2, -0.15) is 0 Å². The van der Waals surface area contributed by atoms with Gasteiger partial charge in [-0.15, -0.1) is 11.3 Å². The van der Waals surface area contributed by atoms with Crippen molar-refractivity contribution in [3.63, 3.8) is 0 Å². The number of furan rings is 1. The number of hydrogen-bond acceptors (Lipinski definition) is 4. The molecule has 0 spiro atoms. The topological polar surface area (TPSA) is 68.3 Å². The smallest absolute Gasteiger partial charge is 0.261 e. The predicted molar refractivity (Wildman–Crippen MR) is 68.2 cm³/mol. The molecule has 2 aromatic heterocycles. The molecule has 3 N–H and O–H groups in total. The third-order valence-corrected chi connectivity index (χ3v) is 3.48. The Labute approximate surface area is 103 Å². The first kappa shape index (κ1) is 11.7. The number of carbonyl (C=O) groups is 1. The van der Waals surface area contributed by atoms with Crippen molar-refractivity contribution >= 4 is 22.9 Å². The normalized spacial score (nSPS) is 10.4. The van der Waals surface area contributed by atoms with Crippen molar-refractivity contribution in [2.75, 3.05) is 12.3 Å². The third kappa shape index (κ3) is 2.88. The van der Waals surface area contributed by atoms with Crippen molar-refractivity contribution in [1.29, 1.82) is 0 Å². The molecule has 0 aliphatic carbocycles. The van der Waals surface area contributed by atoms with Gasteiger partial charge in [-0.25, -0.2) is 0 Å². The number of amides is 1. The molecule has 5 heteroatoms. The average molecular weight is 250 g/mol. The van der Waals surface area contributed by atoms with Gasteiger partial charge in [0.15, 0.2) is 0 Å². The van der Waals surface area contributed by atoms with E-state index in [4.69, 9.17) is 10.2 Å². The van der Waals surface area contributed by atoms with E-state index in [-0.39, 0.29) is 5.91 Å². The number of nitrogen functional groups attached to an aromatic ring is 1. The van der Waals surface area contributed by atoms with Gasteiger partial charge in [-0.3, -0.25) is 4.79 Å². The van der Waals surface area contributed by atoms with E-state index in [1.165, 1.54) is 11.3 Å². The van der Waals surface area contributed by atoms with E-state index in [0.717, 1.165) is 10.6 Å². The zero-order chi connectivity index (χ0) is 12.3. The van der Waals surface area contributed by atoms with Crippen LogP contribution in [0.15, 0.2) is 28.9 Å². The van der Waals surface area contributed by atoms with Crippen molar-refractivity contribution in [3.05, 3.63) is 40.0 Å². The summed E-state index contributed by atoms with van der Waals surface area (Å²) in [5.41, 5.74) is 6.37. The Bertz CT molecular complexity index is 483. The number of hydrogen-bond donors (Lipinski definition) is 2. The Morgan fingerprint density at radius 2 is 2.41 bits per heavy atom. The maximum Gasteiger partial charge on any atom is 0.261 e. The van der Waals surface area contributed by atoms with Gasteiger partial charge in [-0.05, 0) is 25.1 Å². The second kappa shape index (κ2) is 5.05. The number of thiophene rings is 1. The molecule has 0 fully saturated rings. The first-order valence-electron chi connectivity index (χ1n) is 5.33. The summed E-state index contributed by atoms with van der Waals surface area (Å²) in [5.74, 6) is 0.786. The number of carbonyl (C=O) groups excluding carboxylic acids is 1. The summed E-state index contributed by atoms with van der Waals surface area (Å²) in [6, 6.07) is 5.43. The average Bonchev–Trinajstić information content (AvgIpc) is 2.90. The molecule has 90 valence electrons. The number of anilines is 1. The molecule has 1 amide bonds. The van der Waals surface area contributed by atoms with E-state index in [1.54, 1.807) is 12.3 Å². The maximum absolute atomic E-state index is 11.8. The third-order valence-electron chi connectivity index (χ3n) is 2.42. The van der Waals surface area contributed by atoms with Crippen LogP contribution >= 0.6 is 11.3 Å². The highest BCUT2D eigenvalue weighted by Gasteiger charge is 2.10. The minimum Gasteiger partial charge on any atom is -0.469 e. The quantitative estimate of drug-likeness (QED) is 0.874. The highest BCUT2D eigenvalue weighted by atomic mass is 32.1. The van der Waals surface area contributed by atoms with Crippen LogP contribution in [0.25, 0.3) is 0 Å². The molecule has 2 aromatic rings. The molecule has 0 aromatic carbocycles. The summed E-state index contributed by atoms with van der Waals surface area (Å²) in [6.07, 6.45) is 2.32. The summed E-state index contributed by atoms with van der Waals surface area (Å²) in [7, 11) is 0. The second-order valence-corrected chi connectivity index (χ2v) is 4.96. The van der Waals surface area contributed by atoms with Gasteiger partial charge < -0.3 is 15.5 Å². The molecule has 0 aliphatic heterocycles. The highest BCUT2D eigenvalue weighted by Crippen LogP contribution is 2.23. The zero-order valence-electron chi connectivity index (χ0n) is 9.53. The van der Waals surface area contributed by atoms with E-state index in [2.05, 4.69) is 5.32 Å². The number of rotatable bonds is 4. The Hall–Kier alpha value is -1.75. The van der Waals surface area contributed by atoms with Gasteiger partial charge in [0.25, 0.3) is 5.91 Å². The summed E-state index contributed by atoms with van der Waals surface area (Å²) < 4.78 is 5.18. The van der Waals surface area contributed by atoms with E-state index >= 15 is 0 Å². The molecular formula is C12H14N2O2S. The van der Waals surface area contributed by atoms with Crippen LogP contribution in [0.5, 0.6) is 0 Å². The van der Waals surface area contributed by atoms with Gasteiger partial charge in [-0.1, -0.05) is 0 Å². The minimum absolute atomic E-state index is 0.0821. The van der Waals surface area contributed by atoms with Gasteiger partial charge >= 0.3 is 0 Å². The Morgan fingerprint density at radius 3 is 3.00 bits per heavy atom. The van der Waals surface area contributed by atoms with Crippen molar-refractivity contribution in [3.8, 4) is 0 Å². The van der Waals surface area contributed by atoms with Crippen molar-refractivity contribution in [2.24, 2.45) is 0 Å². The van der Waals surface area contributed by atoms with E-state index in [9.17, 15) is 4.79 Å². The molecule has 0 radical (unpaired) electrons. The fourth-order valence-corrected chi connectivity index (χ4v) is 2.31. The van der Waals surface area contributed by atoms with Crippen LogP contribution in [0, 0.1) is 6.92 Å². The van der Waals surface area contributed by atoms with Gasteiger partial charge in [0.05, 0.1) is 11.1 Å². The minimum atomic E-state index is -0.0821. The summed E-state index contributed by atoms with van der Waals surface area (Å²) >= 11 is 1.41. The lowest BCUT2D eigenvalue weighted by atomic mass is 10.3. The first-order valence-corrected chi connectivity index (χ1v) is 6.15. The summed E-state index contributed by atoms with van der Waals surface area (Å²) in [4.78, 5) is 13.4. The number of nitrogens with two attached hydrogens (primary N) is 1. The maximum atomic E-state index is 11.8. The lowest BCUT2D eigenvalue weighted by Gasteiger charge is -2.01. The summed E-state index contributed by atoms with van der Waals surface area (Å²) in [6.45, 7) is 2.46. The monoisotopic (exact) mass is 250 g/mol. The number of nitrogens with one attached hydrogen (secondary N) is 1. The van der Waals surface area contributed by atoms with E-state index in [0.29, 0.717) is 23.5 Å². The fraction of sp³-hybridized carbons (Fsp3) is 0.250. The highest BCUT2D eigenvalue weighted by molar-refractivity contribution is 7.14. The zero-order valence-corrected chi connectivity index (χ0v) is 10.3. The van der Waals surface area contributed by atoms with Gasteiger partial charge in [0.1, 0.15) is 5.76 Å². The van der Waals surface area contributed by atoms with Crippen LogP contribution in [0.1, 0.15) is 20.3 Å². The molecule has 2 heterocycles. The van der Waals surface area contributed by atoms with Crippen molar-refractivity contribution in [1.82, 2.24) is 5.32 Å². The molecule has 0 atom stereocenters. The fourth-order valence-electron chi connectivity index (χ4n) is 1.45. The van der Waals surface area contributed by atoms with Gasteiger partial charge in [0, 0.05) is 23.5 Å². The van der Waals surface area contributed by atoms with Crippen LogP contribution < -0.4 is 11.1 Å². The lowest BCUT2D eigenvalue weighted by molar-refractivity contribution is 0.0958. The van der Waals surface area contributed by atoms with Crippen LogP contribution in [-0.2, 0) is 6.42 Å².